The molecule has 0 amide bonds. The Kier molecular flexibility index (Phi) is 4.17. The van der Waals surface area contributed by atoms with Gasteiger partial charge in [0.25, 0.3) is 0 Å². The zero-order valence-electron chi connectivity index (χ0n) is 10.9. The van der Waals surface area contributed by atoms with E-state index < -0.39 is 0 Å². The van der Waals surface area contributed by atoms with Crippen LogP contribution in [0.25, 0.3) is 0 Å². The fourth-order valence-electron chi connectivity index (χ4n) is 2.36. The maximum Gasteiger partial charge on any atom is 0.0972 e. The van der Waals surface area contributed by atoms with E-state index in [4.69, 9.17) is 0 Å². The molecule has 0 bridgehead atoms. The molecule has 0 aromatic carbocycles. The molecule has 2 atom stereocenters. The number of rotatable bonds is 3. The van der Waals surface area contributed by atoms with Gasteiger partial charge < -0.3 is 10.0 Å². The third-order valence-electron chi connectivity index (χ3n) is 3.49. The lowest BCUT2D eigenvalue weighted by molar-refractivity contribution is 0.167. The van der Waals surface area contributed by atoms with E-state index in [-0.39, 0.29) is 6.10 Å². The van der Waals surface area contributed by atoms with Crippen LogP contribution >= 0.6 is 11.3 Å². The van der Waals surface area contributed by atoms with Gasteiger partial charge >= 0.3 is 0 Å². The second-order valence-electron chi connectivity index (χ2n) is 5.20. The zero-order chi connectivity index (χ0) is 12.4. The lowest BCUT2D eigenvalue weighted by atomic mass is 9.98. The van der Waals surface area contributed by atoms with Crippen molar-refractivity contribution in [2.45, 2.75) is 51.7 Å². The van der Waals surface area contributed by atoms with Crippen LogP contribution in [0.1, 0.15) is 55.5 Å². The van der Waals surface area contributed by atoms with Gasteiger partial charge in [0.1, 0.15) is 0 Å². The Hall–Kier alpha value is -0.450. The number of aromatic nitrogens is 1. The molecule has 1 aliphatic rings. The Labute approximate surface area is 107 Å². The number of likely N-dealkylation sites (tertiary alicyclic amines) is 1. The monoisotopic (exact) mass is 254 g/mol. The Bertz CT molecular complexity index is 362. The van der Waals surface area contributed by atoms with Crippen LogP contribution in [0.3, 0.4) is 0 Å². The van der Waals surface area contributed by atoms with Gasteiger partial charge in [-0.2, -0.15) is 0 Å². The van der Waals surface area contributed by atoms with E-state index in [0.29, 0.717) is 12.0 Å². The lowest BCUT2D eigenvalue weighted by Crippen LogP contribution is -2.39. The highest BCUT2D eigenvalue weighted by molar-refractivity contribution is 7.11. The highest BCUT2D eigenvalue weighted by Crippen LogP contribution is 2.32. The van der Waals surface area contributed by atoms with Crippen molar-refractivity contribution in [1.82, 2.24) is 9.88 Å². The summed E-state index contributed by atoms with van der Waals surface area (Å²) in [6.07, 6.45) is 3.94. The predicted octanol–water partition coefficient (Wildman–Crippen LogP) is 2.78. The quantitative estimate of drug-likeness (QED) is 0.901. The summed E-state index contributed by atoms with van der Waals surface area (Å²) in [6, 6.07) is 0.619. The van der Waals surface area contributed by atoms with Crippen LogP contribution in [0.5, 0.6) is 0 Å². The van der Waals surface area contributed by atoms with Gasteiger partial charge in [-0.1, -0.05) is 0 Å². The summed E-state index contributed by atoms with van der Waals surface area (Å²) in [5.74, 6) is 0.559. The Balaban J connectivity index is 2.05. The molecule has 1 aromatic heterocycles. The van der Waals surface area contributed by atoms with Crippen molar-refractivity contribution >= 4 is 11.3 Å². The number of nitrogens with zero attached hydrogens (tertiary/aromatic N) is 2. The van der Waals surface area contributed by atoms with Crippen LogP contribution < -0.4 is 0 Å². The molecule has 2 heterocycles. The average Bonchev–Trinajstić information content (AvgIpc) is 2.78. The van der Waals surface area contributed by atoms with Crippen LogP contribution in [0.15, 0.2) is 6.20 Å². The summed E-state index contributed by atoms with van der Waals surface area (Å²) in [4.78, 5) is 8.00. The highest BCUT2D eigenvalue weighted by Gasteiger charge is 2.25. The minimum absolute atomic E-state index is 0.383. The second-order valence-corrected chi connectivity index (χ2v) is 6.30. The third-order valence-corrected chi connectivity index (χ3v) is 4.82. The molecule has 0 spiro atoms. The van der Waals surface area contributed by atoms with E-state index in [1.54, 1.807) is 18.3 Å². The molecular formula is C13H22N2OS. The summed E-state index contributed by atoms with van der Waals surface area (Å²) >= 11 is 1.67. The number of hydrogen-bond acceptors (Lipinski definition) is 4. The SMILES string of the molecule is CC(O)c1cnc(C2CCCN(C(C)C)C2)s1. The van der Waals surface area contributed by atoms with E-state index in [1.165, 1.54) is 24.4 Å². The average molecular weight is 254 g/mol. The largest absolute Gasteiger partial charge is 0.388 e. The maximum atomic E-state index is 9.54. The van der Waals surface area contributed by atoms with Gasteiger partial charge in [0.05, 0.1) is 16.0 Å². The first-order valence-electron chi connectivity index (χ1n) is 6.45. The number of thiazole rings is 1. The van der Waals surface area contributed by atoms with E-state index in [9.17, 15) is 5.11 Å². The van der Waals surface area contributed by atoms with Crippen molar-refractivity contribution in [3.63, 3.8) is 0 Å². The zero-order valence-corrected chi connectivity index (χ0v) is 11.7. The highest BCUT2D eigenvalue weighted by atomic mass is 32.1. The summed E-state index contributed by atoms with van der Waals surface area (Å²) < 4.78 is 0. The van der Waals surface area contributed by atoms with Crippen molar-refractivity contribution in [2.75, 3.05) is 13.1 Å². The van der Waals surface area contributed by atoms with E-state index in [2.05, 4.69) is 23.7 Å². The van der Waals surface area contributed by atoms with Gasteiger partial charge in [-0.15, -0.1) is 11.3 Å². The van der Waals surface area contributed by atoms with Crippen molar-refractivity contribution in [3.8, 4) is 0 Å². The van der Waals surface area contributed by atoms with E-state index >= 15 is 0 Å². The van der Waals surface area contributed by atoms with Crippen LogP contribution in [-0.4, -0.2) is 34.1 Å². The predicted molar refractivity (Wildman–Crippen MR) is 71.4 cm³/mol. The Morgan fingerprint density at radius 2 is 2.24 bits per heavy atom. The summed E-state index contributed by atoms with van der Waals surface area (Å²) in [7, 11) is 0. The molecule has 17 heavy (non-hydrogen) atoms. The topological polar surface area (TPSA) is 36.4 Å². The van der Waals surface area contributed by atoms with Crippen molar-refractivity contribution in [1.29, 1.82) is 0 Å². The first-order chi connectivity index (χ1) is 8.08. The van der Waals surface area contributed by atoms with Crippen molar-refractivity contribution in [2.24, 2.45) is 0 Å². The molecule has 0 saturated carbocycles. The minimum atomic E-state index is -0.383. The minimum Gasteiger partial charge on any atom is -0.388 e. The molecule has 96 valence electrons. The lowest BCUT2D eigenvalue weighted by Gasteiger charge is -2.34. The van der Waals surface area contributed by atoms with Gasteiger partial charge in [0, 0.05) is 24.7 Å². The summed E-state index contributed by atoms with van der Waals surface area (Å²) in [6.45, 7) is 8.64. The van der Waals surface area contributed by atoms with Gasteiger partial charge in [-0.3, -0.25) is 0 Å². The normalized spacial score (nSPS) is 24.2. The van der Waals surface area contributed by atoms with Crippen molar-refractivity contribution < 1.29 is 5.11 Å². The molecule has 1 aliphatic heterocycles. The van der Waals surface area contributed by atoms with Gasteiger partial charge in [-0.05, 0) is 40.2 Å². The van der Waals surface area contributed by atoms with Crippen LogP contribution in [0.4, 0.5) is 0 Å². The Morgan fingerprint density at radius 1 is 1.47 bits per heavy atom. The van der Waals surface area contributed by atoms with Crippen LogP contribution in [-0.2, 0) is 0 Å². The fourth-order valence-corrected chi connectivity index (χ4v) is 3.34. The number of piperidine rings is 1. The standard InChI is InChI=1S/C13H22N2OS/c1-9(2)15-6-4-5-11(8-15)13-14-7-12(17-13)10(3)16/h7,9-11,16H,4-6,8H2,1-3H3. The van der Waals surface area contributed by atoms with E-state index in [0.717, 1.165) is 11.4 Å². The van der Waals surface area contributed by atoms with Crippen LogP contribution in [0, 0.1) is 0 Å². The molecule has 1 N–H and O–H groups in total. The number of aliphatic hydroxyl groups is 1. The molecule has 2 unspecified atom stereocenters. The third kappa shape index (κ3) is 3.06. The molecule has 1 saturated heterocycles. The summed E-state index contributed by atoms with van der Waals surface area (Å²) in [5, 5.41) is 10.7. The smallest absolute Gasteiger partial charge is 0.0972 e. The molecule has 2 rings (SSSR count). The fraction of sp³-hybridized carbons (Fsp3) is 0.769. The maximum absolute atomic E-state index is 9.54. The molecule has 3 nitrogen and oxygen atoms in total. The second kappa shape index (κ2) is 5.46. The van der Waals surface area contributed by atoms with Gasteiger partial charge in [0.15, 0.2) is 0 Å². The molecule has 0 radical (unpaired) electrons. The number of hydrogen-bond donors (Lipinski definition) is 1. The van der Waals surface area contributed by atoms with Crippen molar-refractivity contribution in [3.05, 3.63) is 16.1 Å². The first kappa shape index (κ1) is 13.0. The van der Waals surface area contributed by atoms with E-state index in [1.807, 2.05) is 6.20 Å². The molecule has 4 heteroatoms. The molecular weight excluding hydrogens is 232 g/mol. The first-order valence-corrected chi connectivity index (χ1v) is 7.27. The molecule has 1 aromatic rings. The van der Waals surface area contributed by atoms with Gasteiger partial charge in [-0.25, -0.2) is 4.98 Å². The Morgan fingerprint density at radius 3 is 2.82 bits per heavy atom. The summed E-state index contributed by atoms with van der Waals surface area (Å²) in [5.41, 5.74) is 0. The molecule has 0 aliphatic carbocycles. The van der Waals surface area contributed by atoms with Gasteiger partial charge in [0.2, 0.25) is 0 Å². The number of aliphatic hydroxyl groups excluding tert-OH is 1. The van der Waals surface area contributed by atoms with Crippen LogP contribution in [0.2, 0.25) is 0 Å². The molecule has 1 fully saturated rings.